The lowest BCUT2D eigenvalue weighted by molar-refractivity contribution is 0.0730. The summed E-state index contributed by atoms with van der Waals surface area (Å²) in [7, 11) is -3.61. The zero-order valence-corrected chi connectivity index (χ0v) is 15.8. The Labute approximate surface area is 154 Å². The monoisotopic (exact) mass is 389 g/mol. The molecule has 1 aromatic carbocycles. The second-order valence-corrected chi connectivity index (χ2v) is 8.14. The third-order valence-electron chi connectivity index (χ3n) is 4.46. The van der Waals surface area contributed by atoms with E-state index in [1.165, 1.54) is 10.4 Å². The van der Waals surface area contributed by atoms with E-state index in [4.69, 9.17) is 4.74 Å². The Morgan fingerprint density at radius 3 is 2.60 bits per heavy atom. The molecule has 0 spiro atoms. The molecule has 1 amide bonds. The summed E-state index contributed by atoms with van der Waals surface area (Å²) in [6, 6.07) is 4.84. The quantitative estimate of drug-likeness (QED) is 0.760. The first-order chi connectivity index (χ1) is 11.5. The zero-order valence-electron chi connectivity index (χ0n) is 14.2. The first kappa shape index (κ1) is 20.1. The fraction of sp³-hybridized carbons (Fsp3) is 0.562. The van der Waals surface area contributed by atoms with Crippen molar-refractivity contribution < 1.29 is 17.9 Å². The average Bonchev–Trinajstić information content (AvgIpc) is 2.54. The summed E-state index contributed by atoms with van der Waals surface area (Å²) in [6.45, 7) is 5.64. The second-order valence-electron chi connectivity index (χ2n) is 6.23. The van der Waals surface area contributed by atoms with Gasteiger partial charge in [-0.2, -0.15) is 4.31 Å². The molecule has 2 aliphatic heterocycles. The van der Waals surface area contributed by atoms with Crippen molar-refractivity contribution in [2.45, 2.75) is 11.8 Å². The van der Waals surface area contributed by atoms with Gasteiger partial charge in [-0.15, -0.1) is 12.4 Å². The van der Waals surface area contributed by atoms with E-state index in [0.29, 0.717) is 49.9 Å². The highest BCUT2D eigenvalue weighted by molar-refractivity contribution is 7.89. The molecule has 1 aromatic rings. The maximum absolute atomic E-state index is 12.8. The number of hydrogen-bond acceptors (Lipinski definition) is 5. The predicted octanol–water partition coefficient (Wildman–Crippen LogP) is 0.387. The van der Waals surface area contributed by atoms with Crippen molar-refractivity contribution in [3.05, 3.63) is 29.3 Å². The number of morpholine rings is 1. The van der Waals surface area contributed by atoms with E-state index in [9.17, 15) is 13.2 Å². The summed E-state index contributed by atoms with van der Waals surface area (Å²) in [4.78, 5) is 12.5. The van der Waals surface area contributed by atoms with E-state index in [0.717, 1.165) is 13.1 Å². The topological polar surface area (TPSA) is 87.7 Å². The summed E-state index contributed by atoms with van der Waals surface area (Å²) >= 11 is 0. The van der Waals surface area contributed by atoms with Gasteiger partial charge in [-0.05, 0) is 24.6 Å². The molecular weight excluding hydrogens is 366 g/mol. The van der Waals surface area contributed by atoms with Crippen LogP contribution < -0.4 is 10.6 Å². The number of carbonyl (C=O) groups excluding carboxylic acids is 1. The molecule has 2 fully saturated rings. The predicted molar refractivity (Wildman–Crippen MR) is 96.7 cm³/mol. The standard InChI is InChI=1S/C16H23N3O4S.ClH/c1-12-2-3-14(16(20)18-11-13-9-17-10-13)8-15(12)24(21,22)19-4-6-23-7-5-19;/h2-3,8,13,17H,4-7,9-11H2,1H3,(H,18,20);1H. The molecule has 0 atom stereocenters. The van der Waals surface area contributed by atoms with Gasteiger partial charge in [0.25, 0.3) is 5.91 Å². The number of amides is 1. The van der Waals surface area contributed by atoms with Crippen molar-refractivity contribution in [3.8, 4) is 0 Å². The zero-order chi connectivity index (χ0) is 17.2. The third kappa shape index (κ3) is 4.51. The van der Waals surface area contributed by atoms with Crippen LogP contribution in [0.25, 0.3) is 0 Å². The van der Waals surface area contributed by atoms with Crippen molar-refractivity contribution in [1.82, 2.24) is 14.9 Å². The van der Waals surface area contributed by atoms with Crippen LogP contribution in [0, 0.1) is 12.8 Å². The van der Waals surface area contributed by atoms with E-state index >= 15 is 0 Å². The van der Waals surface area contributed by atoms with Gasteiger partial charge in [0.15, 0.2) is 0 Å². The van der Waals surface area contributed by atoms with Crippen molar-refractivity contribution >= 4 is 28.3 Å². The fourth-order valence-electron chi connectivity index (χ4n) is 2.78. The highest BCUT2D eigenvalue weighted by Gasteiger charge is 2.28. The molecular formula is C16H24ClN3O4S. The molecule has 25 heavy (non-hydrogen) atoms. The van der Waals surface area contributed by atoms with Crippen LogP contribution in [0.1, 0.15) is 15.9 Å². The van der Waals surface area contributed by atoms with Crippen LogP contribution in [0.5, 0.6) is 0 Å². The highest BCUT2D eigenvalue weighted by atomic mass is 35.5. The molecule has 0 unspecified atom stereocenters. The highest BCUT2D eigenvalue weighted by Crippen LogP contribution is 2.22. The first-order valence-corrected chi connectivity index (χ1v) is 9.60. The van der Waals surface area contributed by atoms with Crippen LogP contribution in [0.3, 0.4) is 0 Å². The minimum absolute atomic E-state index is 0. The van der Waals surface area contributed by atoms with Crippen LogP contribution >= 0.6 is 12.4 Å². The average molecular weight is 390 g/mol. The number of ether oxygens (including phenoxy) is 1. The number of sulfonamides is 1. The van der Waals surface area contributed by atoms with Gasteiger partial charge in [0, 0.05) is 44.2 Å². The van der Waals surface area contributed by atoms with Gasteiger partial charge in [-0.25, -0.2) is 8.42 Å². The minimum atomic E-state index is -3.61. The van der Waals surface area contributed by atoms with Gasteiger partial charge in [0.2, 0.25) is 10.0 Å². The first-order valence-electron chi connectivity index (χ1n) is 8.16. The van der Waals surface area contributed by atoms with Crippen molar-refractivity contribution in [2.24, 2.45) is 5.92 Å². The molecule has 0 bridgehead atoms. The summed E-state index contributed by atoms with van der Waals surface area (Å²) in [6.07, 6.45) is 0. The number of rotatable bonds is 5. The molecule has 2 heterocycles. The molecule has 2 N–H and O–H groups in total. The molecule has 0 saturated carbocycles. The Morgan fingerprint density at radius 2 is 2.00 bits per heavy atom. The molecule has 3 rings (SSSR count). The molecule has 9 heteroatoms. The number of aryl methyl sites for hydroxylation is 1. The molecule has 7 nitrogen and oxygen atoms in total. The molecule has 2 saturated heterocycles. The largest absolute Gasteiger partial charge is 0.379 e. The van der Waals surface area contributed by atoms with Crippen LogP contribution in [-0.2, 0) is 14.8 Å². The second kappa shape index (κ2) is 8.46. The number of halogens is 1. The van der Waals surface area contributed by atoms with E-state index in [1.54, 1.807) is 19.1 Å². The molecule has 0 radical (unpaired) electrons. The Bertz CT molecular complexity index is 716. The van der Waals surface area contributed by atoms with E-state index < -0.39 is 10.0 Å². The summed E-state index contributed by atoms with van der Waals surface area (Å²) in [5.41, 5.74) is 1.01. The lowest BCUT2D eigenvalue weighted by Gasteiger charge is -2.27. The molecule has 0 aliphatic carbocycles. The Morgan fingerprint density at radius 1 is 1.32 bits per heavy atom. The van der Waals surface area contributed by atoms with Crippen LogP contribution in [0.2, 0.25) is 0 Å². The number of carbonyl (C=O) groups is 1. The van der Waals surface area contributed by atoms with Crippen molar-refractivity contribution in [3.63, 3.8) is 0 Å². The lowest BCUT2D eigenvalue weighted by Crippen LogP contribution is -2.48. The summed E-state index contributed by atoms with van der Waals surface area (Å²) in [5, 5.41) is 6.02. The van der Waals surface area contributed by atoms with Crippen LogP contribution in [0.4, 0.5) is 0 Å². The van der Waals surface area contributed by atoms with Gasteiger partial charge < -0.3 is 15.4 Å². The minimum Gasteiger partial charge on any atom is -0.379 e. The SMILES string of the molecule is Cc1ccc(C(=O)NCC2CNC2)cc1S(=O)(=O)N1CCOCC1.Cl. The number of nitrogens with zero attached hydrogens (tertiary/aromatic N) is 1. The van der Waals surface area contributed by atoms with Gasteiger partial charge in [0.1, 0.15) is 0 Å². The lowest BCUT2D eigenvalue weighted by atomic mass is 10.0. The van der Waals surface area contributed by atoms with Crippen LogP contribution in [0.15, 0.2) is 23.1 Å². The molecule has 0 aromatic heterocycles. The van der Waals surface area contributed by atoms with Crippen LogP contribution in [-0.4, -0.2) is 64.6 Å². The van der Waals surface area contributed by atoms with Gasteiger partial charge in [0.05, 0.1) is 18.1 Å². The number of benzene rings is 1. The van der Waals surface area contributed by atoms with E-state index in [1.807, 2.05) is 0 Å². The van der Waals surface area contributed by atoms with E-state index in [2.05, 4.69) is 10.6 Å². The summed E-state index contributed by atoms with van der Waals surface area (Å²) < 4.78 is 32.3. The Balaban J connectivity index is 0.00000225. The number of hydrogen-bond donors (Lipinski definition) is 2. The fourth-order valence-corrected chi connectivity index (χ4v) is 4.44. The third-order valence-corrected chi connectivity index (χ3v) is 6.50. The van der Waals surface area contributed by atoms with Crippen molar-refractivity contribution in [2.75, 3.05) is 45.9 Å². The van der Waals surface area contributed by atoms with Crippen molar-refractivity contribution in [1.29, 1.82) is 0 Å². The maximum Gasteiger partial charge on any atom is 0.251 e. The Kier molecular flexibility index (Phi) is 6.81. The van der Waals surface area contributed by atoms with Gasteiger partial charge in [-0.3, -0.25) is 4.79 Å². The van der Waals surface area contributed by atoms with Gasteiger partial charge in [-0.1, -0.05) is 6.07 Å². The normalized spacial score (nSPS) is 18.9. The molecule has 2 aliphatic rings. The summed E-state index contributed by atoms with van der Waals surface area (Å²) in [5.74, 6) is 0.219. The molecule has 140 valence electrons. The Hall–Kier alpha value is -1.19. The van der Waals surface area contributed by atoms with E-state index in [-0.39, 0.29) is 23.2 Å². The smallest absolute Gasteiger partial charge is 0.251 e. The number of nitrogens with one attached hydrogen (secondary N) is 2. The maximum atomic E-state index is 12.8. The van der Waals surface area contributed by atoms with Gasteiger partial charge >= 0.3 is 0 Å².